The van der Waals surface area contributed by atoms with Gasteiger partial charge in [0, 0.05) is 17.3 Å². The van der Waals surface area contributed by atoms with Crippen LogP contribution in [0.5, 0.6) is 0 Å². The van der Waals surface area contributed by atoms with E-state index in [4.69, 9.17) is 10.2 Å². The van der Waals surface area contributed by atoms with E-state index in [-0.39, 0.29) is 0 Å². The summed E-state index contributed by atoms with van der Waals surface area (Å²) < 4.78 is 5.77. The number of nitrogens with two attached hydrogens (primary N) is 1. The number of aryl methyl sites for hydroxylation is 2. The van der Waals surface area contributed by atoms with Gasteiger partial charge in [-0.1, -0.05) is 13.8 Å². The lowest BCUT2D eigenvalue weighted by Gasteiger charge is -2.06. The van der Waals surface area contributed by atoms with Crippen LogP contribution in [0.4, 0.5) is 5.69 Å². The normalized spacial score (nSPS) is 11.6. The lowest BCUT2D eigenvalue weighted by Crippen LogP contribution is -1.98. The molecular formula is C13H18N2O. The first-order valence-corrected chi connectivity index (χ1v) is 5.59. The SMILES string of the molecule is Cc1nc2c(C(C)C)oc(C)c2c(N)c1C. The molecular weight excluding hydrogens is 200 g/mol. The van der Waals surface area contributed by atoms with Crippen LogP contribution in [-0.2, 0) is 0 Å². The molecule has 16 heavy (non-hydrogen) atoms. The average Bonchev–Trinajstić information content (AvgIpc) is 2.52. The van der Waals surface area contributed by atoms with Crippen molar-refractivity contribution in [2.75, 3.05) is 5.73 Å². The minimum absolute atomic E-state index is 0.324. The highest BCUT2D eigenvalue weighted by Gasteiger charge is 2.18. The van der Waals surface area contributed by atoms with E-state index in [0.29, 0.717) is 5.92 Å². The lowest BCUT2D eigenvalue weighted by atomic mass is 10.1. The second-order valence-electron chi connectivity index (χ2n) is 4.64. The molecule has 0 fully saturated rings. The van der Waals surface area contributed by atoms with Crippen molar-refractivity contribution in [1.82, 2.24) is 4.98 Å². The molecule has 0 saturated carbocycles. The molecule has 2 aromatic heterocycles. The van der Waals surface area contributed by atoms with Crippen molar-refractivity contribution >= 4 is 16.6 Å². The third-order valence-electron chi connectivity index (χ3n) is 3.11. The fraction of sp³-hybridized carbons (Fsp3) is 0.462. The Morgan fingerprint density at radius 3 is 2.38 bits per heavy atom. The van der Waals surface area contributed by atoms with Gasteiger partial charge in [-0.25, -0.2) is 4.98 Å². The summed E-state index contributed by atoms with van der Waals surface area (Å²) in [6.45, 7) is 10.1. The summed E-state index contributed by atoms with van der Waals surface area (Å²) in [6, 6.07) is 0. The van der Waals surface area contributed by atoms with Crippen LogP contribution in [0.25, 0.3) is 10.9 Å². The topological polar surface area (TPSA) is 52.0 Å². The quantitative estimate of drug-likeness (QED) is 0.797. The van der Waals surface area contributed by atoms with Crippen LogP contribution in [0.3, 0.4) is 0 Å². The van der Waals surface area contributed by atoms with Crippen LogP contribution in [0, 0.1) is 20.8 Å². The Morgan fingerprint density at radius 2 is 1.81 bits per heavy atom. The molecule has 3 nitrogen and oxygen atoms in total. The van der Waals surface area contributed by atoms with E-state index in [1.807, 2.05) is 20.8 Å². The van der Waals surface area contributed by atoms with Crippen molar-refractivity contribution in [3.63, 3.8) is 0 Å². The van der Waals surface area contributed by atoms with E-state index in [1.165, 1.54) is 0 Å². The van der Waals surface area contributed by atoms with Gasteiger partial charge in [-0.15, -0.1) is 0 Å². The summed E-state index contributed by atoms with van der Waals surface area (Å²) in [5, 5.41) is 0.979. The molecule has 2 heterocycles. The van der Waals surface area contributed by atoms with E-state index in [1.54, 1.807) is 0 Å². The molecule has 0 unspecified atom stereocenters. The van der Waals surface area contributed by atoms with Crippen molar-refractivity contribution in [1.29, 1.82) is 0 Å². The molecule has 0 aliphatic rings. The van der Waals surface area contributed by atoms with Gasteiger partial charge in [-0.3, -0.25) is 0 Å². The molecule has 2 N–H and O–H groups in total. The second kappa shape index (κ2) is 3.51. The van der Waals surface area contributed by atoms with E-state index >= 15 is 0 Å². The van der Waals surface area contributed by atoms with Gasteiger partial charge in [0.2, 0.25) is 0 Å². The number of hydrogen-bond acceptors (Lipinski definition) is 3. The number of furan rings is 1. The Kier molecular flexibility index (Phi) is 2.41. The molecule has 0 radical (unpaired) electrons. The molecule has 86 valence electrons. The minimum Gasteiger partial charge on any atom is -0.463 e. The lowest BCUT2D eigenvalue weighted by molar-refractivity contribution is 0.468. The van der Waals surface area contributed by atoms with Gasteiger partial charge in [-0.2, -0.15) is 0 Å². The van der Waals surface area contributed by atoms with E-state index in [9.17, 15) is 0 Å². The third-order valence-corrected chi connectivity index (χ3v) is 3.11. The molecule has 0 spiro atoms. The van der Waals surface area contributed by atoms with Crippen molar-refractivity contribution < 1.29 is 4.42 Å². The zero-order valence-corrected chi connectivity index (χ0v) is 10.5. The number of aromatic nitrogens is 1. The van der Waals surface area contributed by atoms with Crippen molar-refractivity contribution in [3.05, 3.63) is 22.8 Å². The first kappa shape index (κ1) is 11.0. The molecule has 0 aliphatic heterocycles. The summed E-state index contributed by atoms with van der Waals surface area (Å²) in [4.78, 5) is 4.60. The van der Waals surface area contributed by atoms with Gasteiger partial charge < -0.3 is 10.2 Å². The van der Waals surface area contributed by atoms with Crippen LogP contribution >= 0.6 is 0 Å². The number of rotatable bonds is 1. The Balaban J connectivity index is 2.92. The predicted octanol–water partition coefficient (Wildman–Crippen LogP) is 3.46. The number of nitrogens with zero attached hydrogens (tertiary/aromatic N) is 1. The summed E-state index contributed by atoms with van der Waals surface area (Å²) in [7, 11) is 0. The highest BCUT2D eigenvalue weighted by Crippen LogP contribution is 2.35. The van der Waals surface area contributed by atoms with Gasteiger partial charge in [0.1, 0.15) is 17.0 Å². The van der Waals surface area contributed by atoms with Crippen LogP contribution in [0.1, 0.15) is 42.5 Å². The van der Waals surface area contributed by atoms with E-state index in [2.05, 4.69) is 18.8 Å². The largest absolute Gasteiger partial charge is 0.463 e. The molecule has 0 saturated heterocycles. The molecule has 3 heteroatoms. The Bertz CT molecular complexity index is 553. The van der Waals surface area contributed by atoms with Crippen LogP contribution in [-0.4, -0.2) is 4.98 Å². The maximum Gasteiger partial charge on any atom is 0.132 e. The van der Waals surface area contributed by atoms with Gasteiger partial charge in [0.15, 0.2) is 0 Å². The molecule has 0 aromatic carbocycles. The van der Waals surface area contributed by atoms with Crippen LogP contribution < -0.4 is 5.73 Å². The zero-order valence-electron chi connectivity index (χ0n) is 10.5. The molecule has 0 bridgehead atoms. The molecule has 2 rings (SSSR count). The number of fused-ring (bicyclic) bond motifs is 1. The first-order chi connectivity index (χ1) is 7.43. The number of pyridine rings is 1. The fourth-order valence-electron chi connectivity index (χ4n) is 2.01. The first-order valence-electron chi connectivity index (χ1n) is 5.59. The van der Waals surface area contributed by atoms with E-state index in [0.717, 1.165) is 39.4 Å². The molecule has 0 aliphatic carbocycles. The van der Waals surface area contributed by atoms with Crippen molar-refractivity contribution in [2.45, 2.75) is 40.5 Å². The predicted molar refractivity (Wildman–Crippen MR) is 66.7 cm³/mol. The van der Waals surface area contributed by atoms with Crippen LogP contribution in [0.15, 0.2) is 4.42 Å². The maximum absolute atomic E-state index is 6.13. The Morgan fingerprint density at radius 1 is 1.19 bits per heavy atom. The highest BCUT2D eigenvalue weighted by atomic mass is 16.3. The fourth-order valence-corrected chi connectivity index (χ4v) is 2.01. The number of nitrogen functional groups attached to an aromatic ring is 1. The Hall–Kier alpha value is -1.51. The molecule has 0 amide bonds. The third kappa shape index (κ3) is 1.39. The standard InChI is InChI=1S/C13H18N2O/c1-6(2)13-12-10(9(5)16-13)11(14)7(3)8(4)15-12/h6H,14H2,1-5H3. The monoisotopic (exact) mass is 218 g/mol. The smallest absolute Gasteiger partial charge is 0.132 e. The molecule has 2 aromatic rings. The van der Waals surface area contributed by atoms with Gasteiger partial charge in [0.25, 0.3) is 0 Å². The minimum atomic E-state index is 0.324. The van der Waals surface area contributed by atoms with Crippen molar-refractivity contribution in [2.24, 2.45) is 0 Å². The summed E-state index contributed by atoms with van der Waals surface area (Å²) in [5.41, 5.74) is 9.89. The van der Waals surface area contributed by atoms with Gasteiger partial charge in [-0.05, 0) is 26.3 Å². The zero-order chi connectivity index (χ0) is 12.0. The average molecular weight is 218 g/mol. The van der Waals surface area contributed by atoms with Gasteiger partial charge in [0.05, 0.1) is 5.39 Å². The molecule has 0 atom stereocenters. The summed E-state index contributed by atoms with van der Waals surface area (Å²) in [5.74, 6) is 2.12. The number of anilines is 1. The second-order valence-corrected chi connectivity index (χ2v) is 4.64. The number of hydrogen-bond donors (Lipinski definition) is 1. The van der Waals surface area contributed by atoms with Gasteiger partial charge >= 0.3 is 0 Å². The Labute approximate surface area is 95.7 Å². The van der Waals surface area contributed by atoms with Crippen LogP contribution in [0.2, 0.25) is 0 Å². The maximum atomic E-state index is 6.13. The highest BCUT2D eigenvalue weighted by molar-refractivity contribution is 5.95. The van der Waals surface area contributed by atoms with E-state index < -0.39 is 0 Å². The summed E-state index contributed by atoms with van der Waals surface area (Å²) in [6.07, 6.45) is 0. The summed E-state index contributed by atoms with van der Waals surface area (Å²) >= 11 is 0. The van der Waals surface area contributed by atoms with Crippen molar-refractivity contribution in [3.8, 4) is 0 Å².